The molecule has 2 aromatic carbocycles. The second-order valence-corrected chi connectivity index (χ2v) is 11.4. The molecule has 5 rings (SSSR count). The molecule has 2 heterocycles. The maximum Gasteiger partial charge on any atom is 0.296 e. The van der Waals surface area contributed by atoms with E-state index in [9.17, 15) is 22.7 Å². The van der Waals surface area contributed by atoms with Crippen molar-refractivity contribution in [3.8, 4) is 17.0 Å². The Morgan fingerprint density at radius 1 is 1.08 bits per heavy atom. The number of hydrogen-bond acceptors (Lipinski definition) is 6. The number of rotatable bonds is 7. The van der Waals surface area contributed by atoms with Gasteiger partial charge in [0, 0.05) is 18.2 Å². The number of fused-ring (bicyclic) bond motifs is 1. The van der Waals surface area contributed by atoms with E-state index >= 15 is 0 Å². The first kappa shape index (κ1) is 25.8. The Morgan fingerprint density at radius 3 is 2.58 bits per heavy atom. The van der Waals surface area contributed by atoms with E-state index in [0.717, 1.165) is 43.0 Å². The Kier molecular flexibility index (Phi) is 7.12. The van der Waals surface area contributed by atoms with Crippen LogP contribution >= 0.6 is 0 Å². The van der Waals surface area contributed by atoms with E-state index < -0.39 is 32.0 Å². The molecule has 2 aromatic heterocycles. The summed E-state index contributed by atoms with van der Waals surface area (Å²) >= 11 is 0. The van der Waals surface area contributed by atoms with Gasteiger partial charge in [-0.05, 0) is 60.6 Å². The van der Waals surface area contributed by atoms with Crippen molar-refractivity contribution in [1.29, 1.82) is 0 Å². The number of halogens is 1. The maximum absolute atomic E-state index is 13.7. The van der Waals surface area contributed by atoms with Crippen molar-refractivity contribution in [2.45, 2.75) is 61.3 Å². The van der Waals surface area contributed by atoms with Gasteiger partial charge in [-0.3, -0.25) is 14.3 Å². The fraction of sp³-hybridized carbons (Fsp3) is 0.276. The first-order valence-corrected chi connectivity index (χ1v) is 14.2. The average molecular weight is 534 g/mol. The highest BCUT2D eigenvalue weighted by atomic mass is 32.2. The lowest BCUT2D eigenvalue weighted by atomic mass is 9.87. The molecule has 196 valence electrons. The van der Waals surface area contributed by atoms with Crippen LogP contribution in [0.2, 0.25) is 0 Å². The molecule has 7 nitrogen and oxygen atoms in total. The minimum Gasteiger partial charge on any atom is -0.493 e. The van der Waals surface area contributed by atoms with Crippen molar-refractivity contribution >= 4 is 9.84 Å². The van der Waals surface area contributed by atoms with Crippen LogP contribution in [0.3, 0.4) is 0 Å². The lowest BCUT2D eigenvalue weighted by Crippen LogP contribution is -2.29. The Bertz CT molecular complexity index is 1650. The summed E-state index contributed by atoms with van der Waals surface area (Å²) in [6.07, 6.45) is 7.02. The standard InChI is InChI=1S/C29H28FN3O4S/c1-2-3-11-26-32-28(34)27(29(35)33(26)25-10-6-8-20-7-4-5-9-24(20)25)38(36,37)23-14-12-19(13-15-23)21-16-22(30)18-31-17-21/h4-5,7,9,12-18,25,35H,2-3,6,8,10-11H2,1H3/t25-/m0/s1. The van der Waals surface area contributed by atoms with Crippen molar-refractivity contribution in [1.82, 2.24) is 14.5 Å². The normalized spacial score (nSPS) is 15.3. The van der Waals surface area contributed by atoms with Gasteiger partial charge >= 0.3 is 0 Å². The van der Waals surface area contributed by atoms with E-state index in [2.05, 4.69) is 9.97 Å². The van der Waals surface area contributed by atoms with Crippen molar-refractivity contribution in [2.75, 3.05) is 0 Å². The largest absolute Gasteiger partial charge is 0.493 e. The minimum atomic E-state index is -4.42. The first-order chi connectivity index (χ1) is 18.3. The number of aromatic nitrogens is 3. The number of nitrogens with zero attached hydrogens (tertiary/aromatic N) is 3. The van der Waals surface area contributed by atoms with Crippen molar-refractivity contribution in [3.05, 3.63) is 100 Å². The van der Waals surface area contributed by atoms with Gasteiger partial charge in [-0.1, -0.05) is 49.7 Å². The average Bonchev–Trinajstić information content (AvgIpc) is 2.91. The summed E-state index contributed by atoms with van der Waals surface area (Å²) in [6.45, 7) is 2.01. The SMILES string of the molecule is CCCCc1nc(=O)c(S(=O)(=O)c2ccc(-c3cncc(F)c3)cc2)c(O)n1[C@H]1CCCc2ccccc21. The van der Waals surface area contributed by atoms with Crippen LogP contribution in [-0.2, 0) is 22.7 Å². The fourth-order valence-corrected chi connectivity index (χ4v) is 6.48. The Labute approximate surface area is 220 Å². The van der Waals surface area contributed by atoms with Gasteiger partial charge in [0.1, 0.15) is 11.6 Å². The van der Waals surface area contributed by atoms with E-state index in [-0.39, 0.29) is 10.9 Å². The van der Waals surface area contributed by atoms with E-state index in [1.165, 1.54) is 36.5 Å². The molecule has 1 aliphatic rings. The number of pyridine rings is 1. The summed E-state index contributed by atoms with van der Waals surface area (Å²) < 4.78 is 42.5. The summed E-state index contributed by atoms with van der Waals surface area (Å²) in [5, 5.41) is 11.5. The molecule has 9 heteroatoms. The molecule has 0 unspecified atom stereocenters. The lowest BCUT2D eigenvalue weighted by molar-refractivity contribution is 0.346. The molecule has 4 aromatic rings. The smallest absolute Gasteiger partial charge is 0.296 e. The first-order valence-electron chi connectivity index (χ1n) is 12.7. The third-order valence-corrected chi connectivity index (χ3v) is 8.80. The quantitative estimate of drug-likeness (QED) is 0.348. The zero-order valence-corrected chi connectivity index (χ0v) is 21.8. The number of sulfone groups is 1. The molecule has 0 bridgehead atoms. The van der Waals surface area contributed by atoms with Gasteiger partial charge < -0.3 is 5.11 Å². The van der Waals surface area contributed by atoms with Gasteiger partial charge in [-0.25, -0.2) is 12.8 Å². The van der Waals surface area contributed by atoms with Gasteiger partial charge in [0.2, 0.25) is 15.7 Å². The van der Waals surface area contributed by atoms with Gasteiger partial charge in [0.15, 0.2) is 4.90 Å². The molecule has 38 heavy (non-hydrogen) atoms. The van der Waals surface area contributed by atoms with E-state index in [4.69, 9.17) is 0 Å². The zero-order chi connectivity index (χ0) is 26.9. The van der Waals surface area contributed by atoms with Crippen molar-refractivity contribution in [3.63, 3.8) is 0 Å². The maximum atomic E-state index is 13.7. The number of benzene rings is 2. The lowest BCUT2D eigenvalue weighted by Gasteiger charge is -2.30. The second-order valence-electron chi connectivity index (χ2n) is 9.49. The van der Waals surface area contributed by atoms with Gasteiger partial charge in [-0.2, -0.15) is 4.98 Å². The Morgan fingerprint density at radius 2 is 1.84 bits per heavy atom. The van der Waals surface area contributed by atoms with Crippen LogP contribution in [0.5, 0.6) is 5.88 Å². The third kappa shape index (κ3) is 4.74. The molecule has 1 aliphatic carbocycles. The molecule has 0 radical (unpaired) electrons. The van der Waals surface area contributed by atoms with Crippen LogP contribution in [0.15, 0.2) is 81.6 Å². The number of unbranched alkanes of at least 4 members (excludes halogenated alkanes) is 1. The van der Waals surface area contributed by atoms with E-state index in [1.807, 2.05) is 31.2 Å². The number of aromatic hydroxyl groups is 1. The summed E-state index contributed by atoms with van der Waals surface area (Å²) in [5.41, 5.74) is 2.19. The highest BCUT2D eigenvalue weighted by molar-refractivity contribution is 7.91. The molecule has 1 N–H and O–H groups in total. The van der Waals surface area contributed by atoms with Crippen LogP contribution < -0.4 is 5.56 Å². The van der Waals surface area contributed by atoms with Crippen LogP contribution in [0, 0.1) is 5.82 Å². The van der Waals surface area contributed by atoms with E-state index in [0.29, 0.717) is 29.8 Å². The van der Waals surface area contributed by atoms with Crippen molar-refractivity contribution < 1.29 is 17.9 Å². The topological polar surface area (TPSA) is 102 Å². The highest BCUT2D eigenvalue weighted by Crippen LogP contribution is 2.38. The monoisotopic (exact) mass is 533 g/mol. The molecule has 0 saturated carbocycles. The molecule has 1 atom stereocenters. The molecule has 0 amide bonds. The predicted molar refractivity (Wildman–Crippen MR) is 141 cm³/mol. The van der Waals surface area contributed by atoms with Crippen molar-refractivity contribution in [2.24, 2.45) is 0 Å². The van der Waals surface area contributed by atoms with Crippen LogP contribution in [0.25, 0.3) is 11.1 Å². The zero-order valence-electron chi connectivity index (χ0n) is 21.0. The van der Waals surface area contributed by atoms with Gasteiger partial charge in [0.25, 0.3) is 5.56 Å². The Balaban J connectivity index is 1.63. The summed E-state index contributed by atoms with van der Waals surface area (Å²) in [7, 11) is -4.42. The summed E-state index contributed by atoms with van der Waals surface area (Å²) in [5.74, 6) is -0.719. The van der Waals surface area contributed by atoms with Gasteiger partial charge in [0.05, 0.1) is 17.1 Å². The fourth-order valence-electron chi connectivity index (χ4n) is 5.13. The Hall–Kier alpha value is -3.85. The molecule has 0 spiro atoms. The predicted octanol–water partition coefficient (Wildman–Crippen LogP) is 5.25. The molecular formula is C29H28FN3O4S. The van der Waals surface area contributed by atoms with Crippen LogP contribution in [0.1, 0.15) is 55.6 Å². The number of hydrogen-bond donors (Lipinski definition) is 1. The summed E-state index contributed by atoms with van der Waals surface area (Å²) in [4.78, 5) is 20.3. The summed E-state index contributed by atoms with van der Waals surface area (Å²) in [6, 6.07) is 14.5. The second kappa shape index (κ2) is 10.5. The van der Waals surface area contributed by atoms with Gasteiger partial charge in [-0.15, -0.1) is 0 Å². The van der Waals surface area contributed by atoms with Crippen LogP contribution in [0.4, 0.5) is 4.39 Å². The highest BCUT2D eigenvalue weighted by Gasteiger charge is 2.33. The third-order valence-electron chi connectivity index (χ3n) is 7.01. The van der Waals surface area contributed by atoms with E-state index in [1.54, 1.807) is 4.57 Å². The molecule has 0 fully saturated rings. The number of aryl methyl sites for hydroxylation is 2. The molecular weight excluding hydrogens is 505 g/mol. The molecule has 0 saturated heterocycles. The minimum absolute atomic E-state index is 0.170. The molecule has 0 aliphatic heterocycles. The van der Waals surface area contributed by atoms with Crippen LogP contribution in [-0.4, -0.2) is 28.1 Å².